The first-order valence-corrected chi connectivity index (χ1v) is 6.33. The molecule has 1 unspecified atom stereocenters. The SMILES string of the molecule is CC(C)C(N)c1noc(-c2c(F)cccc2Br)n1. The Morgan fingerprint density at radius 2 is 2.11 bits per heavy atom. The van der Waals surface area contributed by atoms with E-state index in [1.165, 1.54) is 6.07 Å². The first kappa shape index (κ1) is 13.2. The topological polar surface area (TPSA) is 64.9 Å². The Hall–Kier alpha value is -1.27. The fraction of sp³-hybridized carbons (Fsp3) is 0.333. The minimum atomic E-state index is -0.419. The molecule has 0 saturated carbocycles. The van der Waals surface area contributed by atoms with Gasteiger partial charge in [0, 0.05) is 4.47 Å². The number of hydrogen-bond donors (Lipinski definition) is 1. The van der Waals surface area contributed by atoms with Gasteiger partial charge in [-0.2, -0.15) is 4.98 Å². The van der Waals surface area contributed by atoms with Crippen molar-refractivity contribution in [3.63, 3.8) is 0 Å². The number of hydrogen-bond acceptors (Lipinski definition) is 4. The summed E-state index contributed by atoms with van der Waals surface area (Å²) in [4.78, 5) is 4.15. The van der Waals surface area contributed by atoms with Gasteiger partial charge < -0.3 is 10.3 Å². The zero-order valence-electron chi connectivity index (χ0n) is 10.0. The molecule has 0 radical (unpaired) electrons. The van der Waals surface area contributed by atoms with Crippen LogP contribution in [0, 0.1) is 11.7 Å². The standard InChI is InChI=1S/C12H13BrFN3O/c1-6(2)10(15)11-16-12(18-17-11)9-7(13)4-3-5-8(9)14/h3-6,10H,15H2,1-2H3. The summed E-state index contributed by atoms with van der Waals surface area (Å²) in [6.07, 6.45) is 0. The molecular weight excluding hydrogens is 301 g/mol. The van der Waals surface area contributed by atoms with Crippen LogP contribution < -0.4 is 5.73 Å². The molecule has 6 heteroatoms. The van der Waals surface area contributed by atoms with Crippen LogP contribution in [0.4, 0.5) is 4.39 Å². The Morgan fingerprint density at radius 1 is 1.39 bits per heavy atom. The molecule has 0 spiro atoms. The van der Waals surface area contributed by atoms with Gasteiger partial charge in [-0.05, 0) is 34.0 Å². The molecule has 2 rings (SSSR count). The fourth-order valence-electron chi connectivity index (χ4n) is 1.47. The van der Waals surface area contributed by atoms with Crippen molar-refractivity contribution in [2.45, 2.75) is 19.9 Å². The van der Waals surface area contributed by atoms with Crippen LogP contribution in [0.5, 0.6) is 0 Å². The highest BCUT2D eigenvalue weighted by atomic mass is 79.9. The highest BCUT2D eigenvalue weighted by Crippen LogP contribution is 2.30. The fourth-order valence-corrected chi connectivity index (χ4v) is 1.98. The summed E-state index contributed by atoms with van der Waals surface area (Å²) in [5.41, 5.74) is 6.17. The van der Waals surface area contributed by atoms with Crippen molar-refractivity contribution >= 4 is 15.9 Å². The van der Waals surface area contributed by atoms with E-state index in [9.17, 15) is 4.39 Å². The summed E-state index contributed by atoms with van der Waals surface area (Å²) in [6.45, 7) is 3.92. The van der Waals surface area contributed by atoms with E-state index in [0.29, 0.717) is 10.3 Å². The van der Waals surface area contributed by atoms with Gasteiger partial charge in [-0.3, -0.25) is 0 Å². The summed E-state index contributed by atoms with van der Waals surface area (Å²) < 4.78 is 19.4. The van der Waals surface area contributed by atoms with Gasteiger partial charge in [0.25, 0.3) is 5.89 Å². The van der Waals surface area contributed by atoms with E-state index < -0.39 is 5.82 Å². The highest BCUT2D eigenvalue weighted by molar-refractivity contribution is 9.10. The molecule has 2 N–H and O–H groups in total. The van der Waals surface area contributed by atoms with Gasteiger partial charge in [0.05, 0.1) is 11.6 Å². The van der Waals surface area contributed by atoms with Gasteiger partial charge in [-0.15, -0.1) is 0 Å². The number of halogens is 2. The van der Waals surface area contributed by atoms with Crippen LogP contribution in [0.2, 0.25) is 0 Å². The van der Waals surface area contributed by atoms with Crippen molar-refractivity contribution in [1.82, 2.24) is 10.1 Å². The average Bonchev–Trinajstić information content (AvgIpc) is 2.77. The monoisotopic (exact) mass is 313 g/mol. The van der Waals surface area contributed by atoms with Crippen molar-refractivity contribution in [1.29, 1.82) is 0 Å². The lowest BCUT2D eigenvalue weighted by Crippen LogP contribution is -2.18. The molecule has 0 bridgehead atoms. The van der Waals surface area contributed by atoms with E-state index in [0.717, 1.165) is 0 Å². The second kappa shape index (κ2) is 5.16. The maximum absolute atomic E-state index is 13.7. The van der Waals surface area contributed by atoms with Crippen molar-refractivity contribution < 1.29 is 8.91 Å². The summed E-state index contributed by atoms with van der Waals surface area (Å²) in [5.74, 6) is 0.276. The minimum Gasteiger partial charge on any atom is -0.334 e. The lowest BCUT2D eigenvalue weighted by Gasteiger charge is -2.09. The molecule has 1 aromatic carbocycles. The Morgan fingerprint density at radius 3 is 2.72 bits per heavy atom. The second-order valence-corrected chi connectivity index (χ2v) is 5.18. The van der Waals surface area contributed by atoms with E-state index in [-0.39, 0.29) is 23.4 Å². The summed E-state index contributed by atoms with van der Waals surface area (Å²) in [5, 5.41) is 3.80. The first-order valence-electron chi connectivity index (χ1n) is 5.54. The van der Waals surface area contributed by atoms with Crippen LogP contribution >= 0.6 is 15.9 Å². The molecule has 0 aliphatic heterocycles. The quantitative estimate of drug-likeness (QED) is 0.944. The van der Waals surface area contributed by atoms with E-state index >= 15 is 0 Å². The molecule has 18 heavy (non-hydrogen) atoms. The number of aromatic nitrogens is 2. The van der Waals surface area contributed by atoms with Gasteiger partial charge in [-0.25, -0.2) is 4.39 Å². The minimum absolute atomic E-state index is 0.131. The van der Waals surface area contributed by atoms with Crippen LogP contribution in [0.25, 0.3) is 11.5 Å². The molecule has 96 valence electrons. The predicted molar refractivity (Wildman–Crippen MR) is 69.2 cm³/mol. The van der Waals surface area contributed by atoms with E-state index in [4.69, 9.17) is 10.3 Å². The van der Waals surface area contributed by atoms with Crippen LogP contribution in [0.15, 0.2) is 27.2 Å². The molecule has 0 aliphatic carbocycles. The number of nitrogens with zero attached hydrogens (tertiary/aromatic N) is 2. The van der Waals surface area contributed by atoms with Crippen LogP contribution in [0.3, 0.4) is 0 Å². The van der Waals surface area contributed by atoms with E-state index in [1.807, 2.05) is 13.8 Å². The van der Waals surface area contributed by atoms with Crippen molar-refractivity contribution in [3.8, 4) is 11.5 Å². The third kappa shape index (κ3) is 2.44. The number of nitrogens with two attached hydrogens (primary N) is 1. The lowest BCUT2D eigenvalue weighted by molar-refractivity contribution is 0.398. The van der Waals surface area contributed by atoms with Crippen LogP contribution in [-0.4, -0.2) is 10.1 Å². The van der Waals surface area contributed by atoms with E-state index in [2.05, 4.69) is 26.1 Å². The van der Waals surface area contributed by atoms with Crippen molar-refractivity contribution in [2.75, 3.05) is 0 Å². The summed E-state index contributed by atoms with van der Waals surface area (Å²) in [7, 11) is 0. The molecule has 0 saturated heterocycles. The molecule has 0 fully saturated rings. The Kier molecular flexibility index (Phi) is 3.77. The zero-order valence-corrected chi connectivity index (χ0v) is 11.6. The third-order valence-corrected chi connectivity index (χ3v) is 3.30. The highest BCUT2D eigenvalue weighted by Gasteiger charge is 2.21. The maximum Gasteiger partial charge on any atom is 0.262 e. The van der Waals surface area contributed by atoms with Crippen molar-refractivity contribution in [2.24, 2.45) is 11.7 Å². The van der Waals surface area contributed by atoms with Gasteiger partial charge in [0.15, 0.2) is 5.82 Å². The van der Waals surface area contributed by atoms with Crippen LogP contribution in [0.1, 0.15) is 25.7 Å². The van der Waals surface area contributed by atoms with Gasteiger partial charge in [0.2, 0.25) is 0 Å². The first-order chi connectivity index (χ1) is 8.50. The summed E-state index contributed by atoms with van der Waals surface area (Å²) in [6, 6.07) is 4.32. The molecule has 0 amide bonds. The maximum atomic E-state index is 13.7. The smallest absolute Gasteiger partial charge is 0.262 e. The molecule has 1 aromatic heterocycles. The number of rotatable bonds is 3. The number of benzene rings is 1. The van der Waals surface area contributed by atoms with Crippen molar-refractivity contribution in [3.05, 3.63) is 34.3 Å². The molecule has 0 aliphatic rings. The third-order valence-electron chi connectivity index (χ3n) is 2.63. The lowest BCUT2D eigenvalue weighted by atomic mass is 10.1. The average molecular weight is 314 g/mol. The molecular formula is C12H13BrFN3O. The normalized spacial score (nSPS) is 13.0. The Bertz CT molecular complexity index is 536. The van der Waals surface area contributed by atoms with Gasteiger partial charge >= 0.3 is 0 Å². The van der Waals surface area contributed by atoms with Gasteiger partial charge in [-0.1, -0.05) is 25.1 Å². The largest absolute Gasteiger partial charge is 0.334 e. The second-order valence-electron chi connectivity index (χ2n) is 4.32. The van der Waals surface area contributed by atoms with Crippen LogP contribution in [-0.2, 0) is 0 Å². The zero-order chi connectivity index (χ0) is 13.3. The summed E-state index contributed by atoms with van der Waals surface area (Å²) >= 11 is 3.26. The molecule has 1 atom stereocenters. The Labute approximate surface area is 113 Å². The molecule has 1 heterocycles. The Balaban J connectivity index is 2.41. The van der Waals surface area contributed by atoms with Gasteiger partial charge in [0.1, 0.15) is 5.82 Å². The molecule has 2 aromatic rings. The predicted octanol–water partition coefficient (Wildman–Crippen LogP) is 3.29. The molecule has 4 nitrogen and oxygen atoms in total. The van der Waals surface area contributed by atoms with E-state index in [1.54, 1.807) is 12.1 Å².